The van der Waals surface area contributed by atoms with Crippen LogP contribution in [0.2, 0.25) is 0 Å². The average Bonchev–Trinajstić information content (AvgIpc) is 2.94. The van der Waals surface area contributed by atoms with Crippen molar-refractivity contribution in [3.8, 4) is 0 Å². The fraction of sp³-hybridized carbons (Fsp3) is 0.250. The molecule has 0 aliphatic carbocycles. The van der Waals surface area contributed by atoms with Crippen LogP contribution in [-0.2, 0) is 5.75 Å². The number of nitrogens with zero attached hydrogens (tertiary/aromatic N) is 2. The van der Waals surface area contributed by atoms with Crippen LogP contribution in [0.4, 0.5) is 5.69 Å². The summed E-state index contributed by atoms with van der Waals surface area (Å²) in [6.07, 6.45) is 1.70. The van der Waals surface area contributed by atoms with Crippen LogP contribution in [0.25, 0.3) is 0 Å². The Morgan fingerprint density at radius 1 is 1.15 bits per heavy atom. The van der Waals surface area contributed by atoms with E-state index >= 15 is 0 Å². The second-order valence-corrected chi connectivity index (χ2v) is 7.16. The van der Waals surface area contributed by atoms with E-state index in [4.69, 9.17) is 4.52 Å². The molecule has 0 aliphatic heterocycles. The lowest BCUT2D eigenvalue weighted by Gasteiger charge is -2.10. The molecule has 1 aromatic carbocycles. The Hall–Kier alpha value is -2.60. The minimum absolute atomic E-state index is 0.164. The van der Waals surface area contributed by atoms with E-state index in [2.05, 4.69) is 15.5 Å². The zero-order valence-electron chi connectivity index (χ0n) is 15.3. The van der Waals surface area contributed by atoms with Crippen LogP contribution in [0.1, 0.15) is 38.5 Å². The molecule has 2 heterocycles. The summed E-state index contributed by atoms with van der Waals surface area (Å²) in [6, 6.07) is 9.45. The highest BCUT2D eigenvalue weighted by Gasteiger charge is 2.16. The zero-order chi connectivity index (χ0) is 18.7. The lowest BCUT2D eigenvalue weighted by molar-refractivity contribution is 0.102. The molecule has 0 unspecified atom stereocenters. The van der Waals surface area contributed by atoms with Crippen molar-refractivity contribution in [3.63, 3.8) is 0 Å². The number of thioether (sulfide) groups is 1. The van der Waals surface area contributed by atoms with E-state index in [0.717, 1.165) is 28.3 Å². The summed E-state index contributed by atoms with van der Waals surface area (Å²) in [5.41, 5.74) is 5.58. The molecular weight excluding hydrogens is 346 g/mol. The molecule has 0 radical (unpaired) electrons. The van der Waals surface area contributed by atoms with E-state index in [1.165, 1.54) is 17.3 Å². The van der Waals surface area contributed by atoms with Crippen molar-refractivity contribution >= 4 is 23.4 Å². The lowest BCUT2D eigenvalue weighted by Crippen LogP contribution is -2.13. The van der Waals surface area contributed by atoms with Gasteiger partial charge in [0.1, 0.15) is 10.8 Å². The van der Waals surface area contributed by atoms with E-state index in [0.29, 0.717) is 16.3 Å². The molecule has 6 heteroatoms. The summed E-state index contributed by atoms with van der Waals surface area (Å²) in [7, 11) is 0. The predicted octanol–water partition coefficient (Wildman–Crippen LogP) is 4.85. The second-order valence-electron chi connectivity index (χ2n) is 6.20. The molecule has 134 valence electrons. The van der Waals surface area contributed by atoms with Gasteiger partial charge < -0.3 is 9.84 Å². The lowest BCUT2D eigenvalue weighted by atomic mass is 10.1. The van der Waals surface area contributed by atoms with Gasteiger partial charge in [0.15, 0.2) is 0 Å². The number of amides is 1. The van der Waals surface area contributed by atoms with E-state index in [1.807, 2.05) is 45.9 Å². The standard InChI is InChI=1S/C20H21N3O2S/c1-12-7-8-16(10-13(12)2)22-19(24)17-6-5-9-21-20(17)26-11-18-14(3)23-25-15(18)4/h5-10H,11H2,1-4H3,(H,22,24). The highest BCUT2D eigenvalue weighted by Crippen LogP contribution is 2.27. The van der Waals surface area contributed by atoms with E-state index in [1.54, 1.807) is 18.3 Å². The molecule has 3 aromatic rings. The monoisotopic (exact) mass is 367 g/mol. The normalized spacial score (nSPS) is 10.8. The van der Waals surface area contributed by atoms with Gasteiger partial charge in [-0.3, -0.25) is 4.79 Å². The van der Waals surface area contributed by atoms with Gasteiger partial charge in [0.25, 0.3) is 5.91 Å². The first-order chi connectivity index (χ1) is 12.5. The molecule has 5 nitrogen and oxygen atoms in total. The maximum absolute atomic E-state index is 12.7. The number of carbonyl (C=O) groups excluding carboxylic acids is 1. The van der Waals surface area contributed by atoms with Gasteiger partial charge >= 0.3 is 0 Å². The molecule has 0 saturated heterocycles. The van der Waals surface area contributed by atoms with Crippen molar-refractivity contribution in [2.75, 3.05) is 5.32 Å². The molecule has 3 rings (SSSR count). The van der Waals surface area contributed by atoms with Gasteiger partial charge in [-0.05, 0) is 63.1 Å². The Morgan fingerprint density at radius 2 is 1.96 bits per heavy atom. The summed E-state index contributed by atoms with van der Waals surface area (Å²) in [5.74, 6) is 1.29. The number of benzene rings is 1. The van der Waals surface area contributed by atoms with Crippen molar-refractivity contribution in [1.29, 1.82) is 0 Å². The Morgan fingerprint density at radius 3 is 2.65 bits per heavy atom. The SMILES string of the molecule is Cc1ccc(NC(=O)c2cccnc2SCc2c(C)noc2C)cc1C. The van der Waals surface area contributed by atoms with Crippen LogP contribution in [-0.4, -0.2) is 16.0 Å². The average molecular weight is 367 g/mol. The van der Waals surface area contributed by atoms with Gasteiger partial charge in [0.05, 0.1) is 11.3 Å². The summed E-state index contributed by atoms with van der Waals surface area (Å²) in [5, 5.41) is 7.62. The molecule has 0 aliphatic rings. The van der Waals surface area contributed by atoms with Crippen molar-refractivity contribution in [2.24, 2.45) is 0 Å². The molecule has 0 saturated carbocycles. The summed E-state index contributed by atoms with van der Waals surface area (Å²) in [4.78, 5) is 17.1. The first-order valence-corrected chi connectivity index (χ1v) is 9.32. The number of rotatable bonds is 5. The fourth-order valence-electron chi connectivity index (χ4n) is 2.54. The number of hydrogen-bond acceptors (Lipinski definition) is 5. The van der Waals surface area contributed by atoms with Crippen LogP contribution in [0.15, 0.2) is 46.1 Å². The molecule has 2 aromatic heterocycles. The van der Waals surface area contributed by atoms with Crippen molar-refractivity contribution in [3.05, 3.63) is 70.2 Å². The Bertz CT molecular complexity index is 930. The van der Waals surface area contributed by atoms with Gasteiger partial charge in [-0.15, -0.1) is 11.8 Å². The quantitative estimate of drug-likeness (QED) is 0.653. The number of carbonyl (C=O) groups is 1. The molecule has 0 fully saturated rings. The number of nitrogens with one attached hydrogen (secondary N) is 1. The Balaban J connectivity index is 1.77. The van der Waals surface area contributed by atoms with Crippen molar-refractivity contribution < 1.29 is 9.32 Å². The van der Waals surface area contributed by atoms with Gasteiger partial charge in [-0.2, -0.15) is 0 Å². The number of pyridine rings is 1. The van der Waals surface area contributed by atoms with E-state index in [9.17, 15) is 4.79 Å². The highest BCUT2D eigenvalue weighted by molar-refractivity contribution is 7.98. The number of hydrogen-bond donors (Lipinski definition) is 1. The molecule has 0 bridgehead atoms. The molecular formula is C20H21N3O2S. The summed E-state index contributed by atoms with van der Waals surface area (Å²) >= 11 is 1.51. The molecule has 0 atom stereocenters. The first kappa shape index (κ1) is 18.2. The zero-order valence-corrected chi connectivity index (χ0v) is 16.1. The Labute approximate surface area is 157 Å². The van der Waals surface area contributed by atoms with E-state index < -0.39 is 0 Å². The van der Waals surface area contributed by atoms with Gasteiger partial charge in [0.2, 0.25) is 0 Å². The van der Waals surface area contributed by atoms with Crippen LogP contribution < -0.4 is 5.32 Å². The van der Waals surface area contributed by atoms with Crippen LogP contribution in [0.3, 0.4) is 0 Å². The second kappa shape index (κ2) is 7.74. The third-order valence-electron chi connectivity index (χ3n) is 4.32. The third kappa shape index (κ3) is 3.96. The summed E-state index contributed by atoms with van der Waals surface area (Å²) < 4.78 is 5.20. The number of aryl methyl sites for hydroxylation is 4. The smallest absolute Gasteiger partial charge is 0.258 e. The Kier molecular flexibility index (Phi) is 5.42. The number of aromatic nitrogens is 2. The number of anilines is 1. The van der Waals surface area contributed by atoms with Gasteiger partial charge in [-0.25, -0.2) is 4.98 Å². The highest BCUT2D eigenvalue weighted by atomic mass is 32.2. The van der Waals surface area contributed by atoms with Crippen molar-refractivity contribution in [1.82, 2.24) is 10.1 Å². The van der Waals surface area contributed by atoms with E-state index in [-0.39, 0.29) is 5.91 Å². The molecule has 0 spiro atoms. The molecule has 1 amide bonds. The fourth-order valence-corrected chi connectivity index (χ4v) is 3.69. The summed E-state index contributed by atoms with van der Waals surface area (Å²) in [6.45, 7) is 7.88. The van der Waals surface area contributed by atoms with Crippen molar-refractivity contribution in [2.45, 2.75) is 38.5 Å². The molecule has 26 heavy (non-hydrogen) atoms. The topological polar surface area (TPSA) is 68.0 Å². The first-order valence-electron chi connectivity index (χ1n) is 8.34. The maximum atomic E-state index is 12.7. The van der Waals surface area contributed by atoms with Crippen LogP contribution in [0.5, 0.6) is 0 Å². The van der Waals surface area contributed by atoms with Gasteiger partial charge in [-0.1, -0.05) is 11.2 Å². The minimum atomic E-state index is -0.164. The van der Waals surface area contributed by atoms with Crippen LogP contribution >= 0.6 is 11.8 Å². The third-order valence-corrected chi connectivity index (χ3v) is 5.35. The minimum Gasteiger partial charge on any atom is -0.361 e. The largest absolute Gasteiger partial charge is 0.361 e. The maximum Gasteiger partial charge on any atom is 0.258 e. The van der Waals surface area contributed by atoms with Gasteiger partial charge in [0, 0.05) is 23.2 Å². The molecule has 1 N–H and O–H groups in total. The van der Waals surface area contributed by atoms with Crippen LogP contribution in [0, 0.1) is 27.7 Å². The predicted molar refractivity (Wildman–Crippen MR) is 104 cm³/mol.